The normalized spacial score (nSPS) is 11.5. The third-order valence-electron chi connectivity index (χ3n) is 12.0. The van der Waals surface area contributed by atoms with Crippen LogP contribution in [-0.4, -0.2) is 19.9 Å². The number of rotatable bonds is 8. The van der Waals surface area contributed by atoms with E-state index in [0.717, 1.165) is 78.0 Å². The second-order valence-corrected chi connectivity index (χ2v) is 16.5. The smallest absolute Gasteiger partial charge is 0.160 e. The second kappa shape index (κ2) is 16.1. The fourth-order valence-electron chi connectivity index (χ4n) is 8.56. The van der Waals surface area contributed by atoms with E-state index in [1.807, 2.05) is 24.3 Å². The van der Waals surface area contributed by atoms with Crippen molar-refractivity contribution in [3.8, 4) is 78.5 Å². The molecule has 4 nitrogen and oxygen atoms in total. The van der Waals surface area contributed by atoms with E-state index in [4.69, 9.17) is 19.9 Å². The van der Waals surface area contributed by atoms with Gasteiger partial charge in [0.25, 0.3) is 0 Å². The molecule has 0 atom stereocenters. The summed E-state index contributed by atoms with van der Waals surface area (Å²) in [4.78, 5) is 20.8. The van der Waals surface area contributed by atoms with Crippen molar-refractivity contribution < 1.29 is 0 Å². The van der Waals surface area contributed by atoms with E-state index in [1.165, 1.54) is 33.0 Å². The van der Waals surface area contributed by atoms with Crippen LogP contribution in [0.3, 0.4) is 0 Å². The number of nitrogens with zero attached hydrogens (tertiary/aromatic N) is 4. The van der Waals surface area contributed by atoms with Gasteiger partial charge < -0.3 is 0 Å². The van der Waals surface area contributed by atoms with Crippen LogP contribution < -0.4 is 0 Å². The first-order valence-corrected chi connectivity index (χ1v) is 21.6. The molecular weight excluding hydrogens is 765 g/mol. The first kappa shape index (κ1) is 37.9. The third kappa shape index (κ3) is 7.42. The maximum absolute atomic E-state index is 5.32. The molecule has 0 saturated heterocycles. The molecule has 0 bridgehead atoms. The Hall–Kier alpha value is -8.08. The first-order chi connectivity index (χ1) is 31.0. The second-order valence-electron chi connectivity index (χ2n) is 16.5. The number of hydrogen-bond donors (Lipinski definition) is 0. The lowest BCUT2D eigenvalue weighted by Gasteiger charge is -2.15. The van der Waals surface area contributed by atoms with Gasteiger partial charge in [-0.2, -0.15) is 0 Å². The van der Waals surface area contributed by atoms with Crippen molar-refractivity contribution in [3.63, 3.8) is 0 Å². The lowest BCUT2D eigenvalue weighted by atomic mass is 9.94. The molecule has 0 unspecified atom stereocenters. The highest BCUT2D eigenvalue weighted by Gasteiger charge is 2.16. The maximum atomic E-state index is 5.32. The summed E-state index contributed by atoms with van der Waals surface area (Å²) in [7, 11) is 0. The van der Waals surface area contributed by atoms with Gasteiger partial charge in [-0.15, -0.1) is 0 Å². The molecule has 0 aliphatic heterocycles. The summed E-state index contributed by atoms with van der Waals surface area (Å²) in [5, 5.41) is 4.64. The van der Waals surface area contributed by atoms with Crippen molar-refractivity contribution in [1.82, 2.24) is 19.9 Å². The zero-order valence-electron chi connectivity index (χ0n) is 35.1. The van der Waals surface area contributed by atoms with Crippen LogP contribution in [0, 0.1) is 0 Å². The van der Waals surface area contributed by atoms with E-state index >= 15 is 0 Å². The van der Waals surface area contributed by atoms with Crippen molar-refractivity contribution in [2.45, 2.75) is 19.8 Å². The molecule has 8 aromatic carbocycles. The first-order valence-electron chi connectivity index (χ1n) is 21.6. The molecular formula is C59H42N4. The molecule has 63 heavy (non-hydrogen) atoms. The number of benzene rings is 8. The minimum absolute atomic E-state index is 0.262. The van der Waals surface area contributed by atoms with Crippen molar-refractivity contribution in [2.24, 2.45) is 0 Å². The average molecular weight is 807 g/mol. The molecule has 11 aromatic rings. The Bertz CT molecular complexity index is 3450. The fourth-order valence-corrected chi connectivity index (χ4v) is 8.56. The van der Waals surface area contributed by atoms with E-state index in [9.17, 15) is 0 Å². The van der Waals surface area contributed by atoms with Gasteiger partial charge in [-0.25, -0.2) is 15.0 Å². The van der Waals surface area contributed by atoms with Gasteiger partial charge in [-0.3, -0.25) is 4.98 Å². The van der Waals surface area contributed by atoms with Crippen LogP contribution in [0.4, 0.5) is 0 Å². The Morgan fingerprint density at radius 1 is 0.302 bits per heavy atom. The van der Waals surface area contributed by atoms with Crippen LogP contribution in [0.1, 0.15) is 25.5 Å². The van der Waals surface area contributed by atoms with E-state index < -0.39 is 0 Å². The number of hydrogen-bond acceptors (Lipinski definition) is 4. The Morgan fingerprint density at radius 3 is 1.57 bits per heavy atom. The molecule has 0 amide bonds. The standard InChI is InChI=1S/C59H42N4/c1-38(2)54-36-52(49-29-24-40-14-9-10-17-47(40)34-49)51-32-30-45-31-33-53(60-57(45)58(51)61-54)43-25-22-42(23-26-43)48-18-11-19-50(35-48)56-37-55(62-59(63-56)46-15-7-4-8-16-46)44-27-20-41(21-28-44)39-12-5-3-6-13-39/h3-38H,1-2H3. The molecule has 298 valence electrons. The van der Waals surface area contributed by atoms with Gasteiger partial charge >= 0.3 is 0 Å². The van der Waals surface area contributed by atoms with Crippen LogP contribution in [0.25, 0.3) is 111 Å². The summed E-state index contributed by atoms with van der Waals surface area (Å²) in [6.07, 6.45) is 0. The van der Waals surface area contributed by atoms with Gasteiger partial charge in [0.05, 0.1) is 28.1 Å². The largest absolute Gasteiger partial charge is 0.250 e. The zero-order chi connectivity index (χ0) is 42.3. The molecule has 0 aliphatic rings. The highest BCUT2D eigenvalue weighted by Crippen LogP contribution is 2.37. The van der Waals surface area contributed by atoms with Crippen LogP contribution in [0.5, 0.6) is 0 Å². The molecule has 11 rings (SSSR count). The van der Waals surface area contributed by atoms with Gasteiger partial charge in [0.1, 0.15) is 0 Å². The molecule has 3 heterocycles. The van der Waals surface area contributed by atoms with Crippen LogP contribution in [-0.2, 0) is 0 Å². The Labute approximate surface area is 367 Å². The van der Waals surface area contributed by atoms with Gasteiger partial charge in [-0.05, 0) is 80.4 Å². The maximum Gasteiger partial charge on any atom is 0.160 e. The van der Waals surface area contributed by atoms with Gasteiger partial charge in [0.2, 0.25) is 0 Å². The van der Waals surface area contributed by atoms with Crippen LogP contribution >= 0.6 is 0 Å². The molecule has 0 aliphatic carbocycles. The van der Waals surface area contributed by atoms with Crippen molar-refractivity contribution >= 4 is 32.6 Å². The summed E-state index contributed by atoms with van der Waals surface area (Å²) in [5.74, 6) is 0.958. The molecule has 3 aromatic heterocycles. The predicted octanol–water partition coefficient (Wildman–Crippen LogP) is 15.5. The minimum atomic E-state index is 0.262. The SMILES string of the molecule is CC(C)c1cc(-c2ccc3ccccc3c2)c2ccc3ccc(-c4ccc(-c5cccc(-c6cc(-c7ccc(-c8ccccc8)cc7)nc(-c7ccccc7)n6)c5)cc4)nc3c2n1. The quantitative estimate of drug-likeness (QED) is 0.144. The molecule has 0 N–H and O–H groups in total. The molecule has 0 fully saturated rings. The van der Waals surface area contributed by atoms with E-state index in [-0.39, 0.29) is 5.92 Å². The topological polar surface area (TPSA) is 51.6 Å². The minimum Gasteiger partial charge on any atom is -0.250 e. The summed E-state index contributed by atoms with van der Waals surface area (Å²) in [5.41, 5.74) is 16.6. The predicted molar refractivity (Wildman–Crippen MR) is 262 cm³/mol. The van der Waals surface area contributed by atoms with Gasteiger partial charge in [0, 0.05) is 38.7 Å². The summed E-state index contributed by atoms with van der Waals surface area (Å²) in [6, 6.07) is 74.9. The average Bonchev–Trinajstić information content (AvgIpc) is 3.36. The van der Waals surface area contributed by atoms with Gasteiger partial charge in [-0.1, -0.05) is 196 Å². The van der Waals surface area contributed by atoms with Crippen molar-refractivity contribution in [3.05, 3.63) is 218 Å². The lowest BCUT2D eigenvalue weighted by molar-refractivity contribution is 0.831. The van der Waals surface area contributed by atoms with Gasteiger partial charge in [0.15, 0.2) is 5.82 Å². The lowest BCUT2D eigenvalue weighted by Crippen LogP contribution is -1.97. The fraction of sp³-hybridized carbons (Fsp3) is 0.0508. The van der Waals surface area contributed by atoms with E-state index in [0.29, 0.717) is 5.82 Å². The van der Waals surface area contributed by atoms with Crippen LogP contribution in [0.15, 0.2) is 212 Å². The summed E-state index contributed by atoms with van der Waals surface area (Å²) in [6.45, 7) is 4.41. The zero-order valence-corrected chi connectivity index (χ0v) is 35.1. The van der Waals surface area contributed by atoms with E-state index in [1.54, 1.807) is 0 Å². The van der Waals surface area contributed by atoms with Crippen LogP contribution in [0.2, 0.25) is 0 Å². The Balaban J connectivity index is 0.937. The number of fused-ring (bicyclic) bond motifs is 4. The van der Waals surface area contributed by atoms with E-state index in [2.05, 4.69) is 202 Å². The highest BCUT2D eigenvalue weighted by molar-refractivity contribution is 6.09. The highest BCUT2D eigenvalue weighted by atomic mass is 14.9. The third-order valence-corrected chi connectivity index (χ3v) is 12.0. The van der Waals surface area contributed by atoms with Crippen molar-refractivity contribution in [2.75, 3.05) is 0 Å². The summed E-state index contributed by atoms with van der Waals surface area (Å²) < 4.78 is 0. The monoisotopic (exact) mass is 806 g/mol. The van der Waals surface area contributed by atoms with Crippen molar-refractivity contribution in [1.29, 1.82) is 0 Å². The molecule has 0 spiro atoms. The Kier molecular flexibility index (Phi) is 9.67. The Morgan fingerprint density at radius 2 is 0.841 bits per heavy atom. The number of aromatic nitrogens is 4. The molecule has 0 saturated carbocycles. The summed E-state index contributed by atoms with van der Waals surface area (Å²) >= 11 is 0. The number of pyridine rings is 2. The molecule has 0 radical (unpaired) electrons. The molecule has 4 heteroatoms.